The van der Waals surface area contributed by atoms with Crippen molar-refractivity contribution in [2.45, 2.75) is 58.2 Å². The number of carbonyl (C=O) groups is 2. The first-order chi connectivity index (χ1) is 9.08. The van der Waals surface area contributed by atoms with E-state index in [0.717, 1.165) is 32.5 Å². The van der Waals surface area contributed by atoms with Crippen LogP contribution in [0.4, 0.5) is 0 Å². The first-order valence-corrected chi connectivity index (χ1v) is 7.43. The van der Waals surface area contributed by atoms with Gasteiger partial charge in [0.1, 0.15) is 12.1 Å². The second-order valence-electron chi connectivity index (χ2n) is 5.59. The Kier molecular flexibility index (Phi) is 4.45. The zero-order valence-corrected chi connectivity index (χ0v) is 12.2. The van der Waals surface area contributed by atoms with Crippen molar-refractivity contribution in [2.75, 3.05) is 19.6 Å². The summed E-state index contributed by atoms with van der Waals surface area (Å²) in [6, 6.07) is -0.475. The molecule has 1 N–H and O–H groups in total. The standard InChI is InChI=1S/C14H25N3O2/c1-4-12-13(18)15-10(3)14(19)17(12)11-7-6-8-16(5-2)9-11/h10-12H,4-9H2,1-3H3,(H,15,18). The van der Waals surface area contributed by atoms with Crippen LogP contribution in [0.25, 0.3) is 0 Å². The number of carbonyl (C=O) groups excluding carboxylic acids is 2. The van der Waals surface area contributed by atoms with Crippen LogP contribution in [-0.2, 0) is 9.59 Å². The van der Waals surface area contributed by atoms with Crippen molar-refractivity contribution in [3.63, 3.8) is 0 Å². The van der Waals surface area contributed by atoms with Crippen LogP contribution < -0.4 is 5.32 Å². The van der Waals surface area contributed by atoms with Crippen LogP contribution >= 0.6 is 0 Å². The van der Waals surface area contributed by atoms with Crippen LogP contribution in [0.3, 0.4) is 0 Å². The van der Waals surface area contributed by atoms with E-state index < -0.39 is 0 Å². The van der Waals surface area contributed by atoms with Gasteiger partial charge in [-0.3, -0.25) is 9.59 Å². The molecule has 3 unspecified atom stereocenters. The molecular weight excluding hydrogens is 242 g/mol. The van der Waals surface area contributed by atoms with E-state index >= 15 is 0 Å². The second kappa shape index (κ2) is 5.90. The monoisotopic (exact) mass is 267 g/mol. The van der Waals surface area contributed by atoms with Crippen molar-refractivity contribution in [2.24, 2.45) is 0 Å². The van der Waals surface area contributed by atoms with Crippen LogP contribution in [0.15, 0.2) is 0 Å². The summed E-state index contributed by atoms with van der Waals surface area (Å²) >= 11 is 0. The molecule has 0 bridgehead atoms. The summed E-state index contributed by atoms with van der Waals surface area (Å²) in [4.78, 5) is 28.7. The van der Waals surface area contributed by atoms with Gasteiger partial charge in [0, 0.05) is 12.6 Å². The maximum absolute atomic E-state index is 12.4. The molecule has 2 saturated heterocycles. The maximum Gasteiger partial charge on any atom is 0.245 e. The smallest absolute Gasteiger partial charge is 0.245 e. The number of hydrogen-bond donors (Lipinski definition) is 1. The van der Waals surface area contributed by atoms with E-state index in [9.17, 15) is 9.59 Å². The molecule has 0 aromatic heterocycles. The maximum atomic E-state index is 12.4. The minimum atomic E-state index is -0.382. The van der Waals surface area contributed by atoms with E-state index in [4.69, 9.17) is 0 Å². The number of nitrogens with one attached hydrogen (secondary N) is 1. The van der Waals surface area contributed by atoms with Gasteiger partial charge in [-0.15, -0.1) is 0 Å². The number of amides is 2. The lowest BCUT2D eigenvalue weighted by atomic mass is 9.97. The van der Waals surface area contributed by atoms with Crippen molar-refractivity contribution >= 4 is 11.8 Å². The fourth-order valence-electron chi connectivity index (χ4n) is 3.24. The summed E-state index contributed by atoms with van der Waals surface area (Å²) in [7, 11) is 0. The van der Waals surface area contributed by atoms with E-state index in [2.05, 4.69) is 17.1 Å². The lowest BCUT2D eigenvalue weighted by Crippen LogP contribution is -2.66. The highest BCUT2D eigenvalue weighted by Gasteiger charge is 2.42. The molecule has 0 saturated carbocycles. The van der Waals surface area contributed by atoms with Crippen molar-refractivity contribution in [1.82, 2.24) is 15.1 Å². The molecule has 5 nitrogen and oxygen atoms in total. The van der Waals surface area contributed by atoms with Gasteiger partial charge in [0.05, 0.1) is 0 Å². The van der Waals surface area contributed by atoms with E-state index in [1.54, 1.807) is 6.92 Å². The minimum absolute atomic E-state index is 0.00298. The number of nitrogens with zero attached hydrogens (tertiary/aromatic N) is 2. The normalized spacial score (nSPS) is 33.4. The third kappa shape index (κ3) is 2.76. The molecule has 2 rings (SSSR count). The average molecular weight is 267 g/mol. The predicted octanol–water partition coefficient (Wildman–Crippen LogP) is 0.596. The summed E-state index contributed by atoms with van der Waals surface area (Å²) in [5.74, 6) is 0.0811. The quantitative estimate of drug-likeness (QED) is 0.814. The molecule has 0 aromatic carbocycles. The van der Waals surface area contributed by atoms with Gasteiger partial charge in [-0.25, -0.2) is 0 Å². The molecule has 108 valence electrons. The summed E-state index contributed by atoms with van der Waals surface area (Å²) in [6.45, 7) is 8.91. The fraction of sp³-hybridized carbons (Fsp3) is 0.857. The van der Waals surface area contributed by atoms with Gasteiger partial charge < -0.3 is 15.1 Å². The Morgan fingerprint density at radius 1 is 1.32 bits per heavy atom. The fourth-order valence-corrected chi connectivity index (χ4v) is 3.24. The molecule has 3 atom stereocenters. The van der Waals surface area contributed by atoms with Crippen molar-refractivity contribution in [3.05, 3.63) is 0 Å². The number of likely N-dealkylation sites (N-methyl/N-ethyl adjacent to an activating group) is 1. The van der Waals surface area contributed by atoms with Gasteiger partial charge in [0.2, 0.25) is 11.8 Å². The Bertz CT molecular complexity index is 359. The Morgan fingerprint density at radius 2 is 2.05 bits per heavy atom. The third-order valence-electron chi connectivity index (χ3n) is 4.33. The lowest BCUT2D eigenvalue weighted by Gasteiger charge is -2.45. The van der Waals surface area contributed by atoms with Crippen molar-refractivity contribution in [3.8, 4) is 0 Å². The van der Waals surface area contributed by atoms with E-state index in [1.165, 1.54) is 0 Å². The van der Waals surface area contributed by atoms with E-state index in [-0.39, 0.29) is 29.9 Å². The Balaban J connectivity index is 2.17. The summed E-state index contributed by atoms with van der Waals surface area (Å²) in [5.41, 5.74) is 0. The number of likely N-dealkylation sites (tertiary alicyclic amines) is 1. The average Bonchev–Trinajstić information content (AvgIpc) is 2.42. The molecule has 2 heterocycles. The lowest BCUT2D eigenvalue weighted by molar-refractivity contribution is -0.153. The van der Waals surface area contributed by atoms with Crippen molar-refractivity contribution in [1.29, 1.82) is 0 Å². The highest BCUT2D eigenvalue weighted by Crippen LogP contribution is 2.23. The largest absolute Gasteiger partial charge is 0.343 e. The molecule has 2 fully saturated rings. The summed E-state index contributed by atoms with van der Waals surface area (Å²) < 4.78 is 0. The number of piperazine rings is 1. The number of hydrogen-bond acceptors (Lipinski definition) is 3. The molecule has 0 radical (unpaired) electrons. The highest BCUT2D eigenvalue weighted by atomic mass is 16.2. The van der Waals surface area contributed by atoms with Crippen LogP contribution in [-0.4, -0.2) is 59.4 Å². The van der Waals surface area contributed by atoms with Crippen LogP contribution in [0, 0.1) is 0 Å². The third-order valence-corrected chi connectivity index (χ3v) is 4.33. The molecule has 2 amide bonds. The summed E-state index contributed by atoms with van der Waals surface area (Å²) in [5, 5.41) is 2.78. The molecule has 5 heteroatoms. The van der Waals surface area contributed by atoms with Gasteiger partial charge >= 0.3 is 0 Å². The van der Waals surface area contributed by atoms with Crippen molar-refractivity contribution < 1.29 is 9.59 Å². The zero-order valence-electron chi connectivity index (χ0n) is 12.2. The molecule has 0 spiro atoms. The first-order valence-electron chi connectivity index (χ1n) is 7.43. The van der Waals surface area contributed by atoms with Gasteiger partial charge in [-0.1, -0.05) is 13.8 Å². The summed E-state index contributed by atoms with van der Waals surface area (Å²) in [6.07, 6.45) is 2.81. The van der Waals surface area contributed by atoms with Crippen LogP contribution in [0.1, 0.15) is 40.0 Å². The molecule has 19 heavy (non-hydrogen) atoms. The van der Waals surface area contributed by atoms with E-state index in [1.807, 2.05) is 11.8 Å². The molecule has 2 aliphatic rings. The van der Waals surface area contributed by atoms with Crippen LogP contribution in [0.2, 0.25) is 0 Å². The Labute approximate surface area is 115 Å². The molecule has 2 aliphatic heterocycles. The minimum Gasteiger partial charge on any atom is -0.343 e. The number of rotatable bonds is 3. The van der Waals surface area contributed by atoms with Gasteiger partial charge in [0.15, 0.2) is 0 Å². The molecule has 0 aromatic rings. The Hall–Kier alpha value is -1.10. The van der Waals surface area contributed by atoms with Gasteiger partial charge in [0.25, 0.3) is 0 Å². The molecule has 0 aliphatic carbocycles. The molecular formula is C14H25N3O2. The highest BCUT2D eigenvalue weighted by molar-refractivity contribution is 5.96. The van der Waals surface area contributed by atoms with E-state index in [0.29, 0.717) is 6.42 Å². The first kappa shape index (κ1) is 14.3. The zero-order chi connectivity index (χ0) is 14.0. The topological polar surface area (TPSA) is 52.7 Å². The second-order valence-corrected chi connectivity index (χ2v) is 5.59. The predicted molar refractivity (Wildman–Crippen MR) is 73.7 cm³/mol. The number of piperidine rings is 1. The van der Waals surface area contributed by atoms with Gasteiger partial charge in [-0.2, -0.15) is 0 Å². The SMILES string of the molecule is CCC1C(=O)NC(C)C(=O)N1C1CCCN(CC)C1. The van der Waals surface area contributed by atoms with Crippen LogP contribution in [0.5, 0.6) is 0 Å². The van der Waals surface area contributed by atoms with Gasteiger partial charge in [-0.05, 0) is 39.3 Å². The Morgan fingerprint density at radius 3 is 2.68 bits per heavy atom.